The number of amides is 3. The SMILES string of the molecule is CN(C(=O)C1CCN(C(N)=O)CC1)C1CCc2ccccc21. The fraction of sp³-hybridized carbons (Fsp3) is 0.529. The van der Waals surface area contributed by atoms with E-state index in [1.165, 1.54) is 11.1 Å². The van der Waals surface area contributed by atoms with Crippen molar-refractivity contribution in [1.82, 2.24) is 9.80 Å². The molecule has 5 heteroatoms. The first-order chi connectivity index (χ1) is 10.6. The van der Waals surface area contributed by atoms with Gasteiger partial charge in [-0.25, -0.2) is 4.79 Å². The Bertz CT molecular complexity index is 579. The van der Waals surface area contributed by atoms with Crippen LogP contribution in [0.15, 0.2) is 24.3 Å². The molecule has 1 heterocycles. The first-order valence-corrected chi connectivity index (χ1v) is 7.97. The van der Waals surface area contributed by atoms with Crippen molar-refractivity contribution in [3.8, 4) is 0 Å². The van der Waals surface area contributed by atoms with Crippen LogP contribution in [0.2, 0.25) is 0 Å². The summed E-state index contributed by atoms with van der Waals surface area (Å²) in [7, 11) is 1.91. The zero-order valence-corrected chi connectivity index (χ0v) is 13.0. The van der Waals surface area contributed by atoms with Crippen LogP contribution in [0.1, 0.15) is 36.4 Å². The predicted octanol–water partition coefficient (Wildman–Crippen LogP) is 1.92. The normalized spacial score (nSPS) is 21.5. The number of hydrogen-bond donors (Lipinski definition) is 1. The van der Waals surface area contributed by atoms with E-state index >= 15 is 0 Å². The number of hydrogen-bond acceptors (Lipinski definition) is 2. The molecule has 3 amide bonds. The van der Waals surface area contributed by atoms with E-state index in [9.17, 15) is 9.59 Å². The molecule has 1 saturated heterocycles. The summed E-state index contributed by atoms with van der Waals surface area (Å²) >= 11 is 0. The summed E-state index contributed by atoms with van der Waals surface area (Å²) in [5.74, 6) is 0.208. The molecule has 2 aliphatic rings. The Hall–Kier alpha value is -2.04. The molecule has 2 N–H and O–H groups in total. The van der Waals surface area contributed by atoms with E-state index < -0.39 is 0 Å². The topological polar surface area (TPSA) is 66.6 Å². The standard InChI is InChI=1S/C17H23N3O2/c1-19(15-7-6-12-4-2-3-5-14(12)15)16(21)13-8-10-20(11-9-13)17(18)22/h2-5,13,15H,6-11H2,1H3,(H2,18,22). The van der Waals surface area contributed by atoms with Gasteiger partial charge in [-0.3, -0.25) is 4.79 Å². The summed E-state index contributed by atoms with van der Waals surface area (Å²) in [6.07, 6.45) is 3.46. The van der Waals surface area contributed by atoms with Crippen LogP contribution in [0.4, 0.5) is 4.79 Å². The van der Waals surface area contributed by atoms with Crippen molar-refractivity contribution in [1.29, 1.82) is 0 Å². The lowest BCUT2D eigenvalue weighted by molar-refractivity contribution is -0.137. The highest BCUT2D eigenvalue weighted by molar-refractivity contribution is 5.80. The number of aryl methyl sites for hydroxylation is 1. The number of carbonyl (C=O) groups excluding carboxylic acids is 2. The fourth-order valence-electron chi connectivity index (χ4n) is 3.73. The average Bonchev–Trinajstić information content (AvgIpc) is 2.97. The molecule has 0 bridgehead atoms. The summed E-state index contributed by atoms with van der Waals surface area (Å²) in [6, 6.07) is 8.19. The van der Waals surface area contributed by atoms with Crippen molar-refractivity contribution >= 4 is 11.9 Å². The zero-order valence-electron chi connectivity index (χ0n) is 13.0. The van der Waals surface area contributed by atoms with E-state index in [1.807, 2.05) is 18.0 Å². The molecule has 1 unspecified atom stereocenters. The quantitative estimate of drug-likeness (QED) is 0.907. The minimum absolute atomic E-state index is 0.00774. The van der Waals surface area contributed by atoms with Crippen molar-refractivity contribution in [3.05, 3.63) is 35.4 Å². The number of fused-ring (bicyclic) bond motifs is 1. The minimum Gasteiger partial charge on any atom is -0.351 e. The second kappa shape index (κ2) is 5.99. The maximum absolute atomic E-state index is 12.8. The second-order valence-corrected chi connectivity index (χ2v) is 6.30. The van der Waals surface area contributed by atoms with E-state index in [2.05, 4.69) is 18.2 Å². The van der Waals surface area contributed by atoms with Gasteiger partial charge < -0.3 is 15.5 Å². The summed E-state index contributed by atoms with van der Waals surface area (Å²) in [6.45, 7) is 1.17. The second-order valence-electron chi connectivity index (χ2n) is 6.30. The van der Waals surface area contributed by atoms with Gasteiger partial charge in [-0.1, -0.05) is 24.3 Å². The van der Waals surface area contributed by atoms with Crippen molar-refractivity contribution in [3.63, 3.8) is 0 Å². The maximum atomic E-state index is 12.8. The largest absolute Gasteiger partial charge is 0.351 e. The van der Waals surface area contributed by atoms with E-state index in [0.29, 0.717) is 25.9 Å². The van der Waals surface area contributed by atoms with Crippen molar-refractivity contribution in [2.45, 2.75) is 31.7 Å². The minimum atomic E-state index is -0.385. The summed E-state index contributed by atoms with van der Waals surface area (Å²) in [4.78, 5) is 27.5. The lowest BCUT2D eigenvalue weighted by Gasteiger charge is -2.34. The lowest BCUT2D eigenvalue weighted by atomic mass is 9.94. The van der Waals surface area contributed by atoms with Gasteiger partial charge >= 0.3 is 6.03 Å². The number of nitrogens with two attached hydrogens (primary N) is 1. The molecule has 5 nitrogen and oxygen atoms in total. The van der Waals surface area contributed by atoms with Gasteiger partial charge in [0.15, 0.2) is 0 Å². The van der Waals surface area contributed by atoms with Crippen LogP contribution >= 0.6 is 0 Å². The molecule has 0 saturated carbocycles. The lowest BCUT2D eigenvalue weighted by Crippen LogP contribution is -2.45. The van der Waals surface area contributed by atoms with E-state index in [1.54, 1.807) is 4.90 Å². The highest BCUT2D eigenvalue weighted by atomic mass is 16.2. The smallest absolute Gasteiger partial charge is 0.314 e. The Labute approximate surface area is 131 Å². The van der Waals surface area contributed by atoms with E-state index in [4.69, 9.17) is 5.73 Å². The fourth-order valence-corrected chi connectivity index (χ4v) is 3.73. The summed E-state index contributed by atoms with van der Waals surface area (Å²) < 4.78 is 0. The highest BCUT2D eigenvalue weighted by Gasteiger charge is 2.33. The Morgan fingerprint density at radius 3 is 2.55 bits per heavy atom. The average molecular weight is 301 g/mol. The molecule has 1 aliphatic heterocycles. The van der Waals surface area contributed by atoms with Crippen molar-refractivity contribution in [2.75, 3.05) is 20.1 Å². The van der Waals surface area contributed by atoms with Crippen LogP contribution in [0.3, 0.4) is 0 Å². The molecule has 1 aliphatic carbocycles. The number of rotatable bonds is 2. The van der Waals surface area contributed by atoms with Gasteiger partial charge in [0.25, 0.3) is 0 Å². The molecular weight excluding hydrogens is 278 g/mol. The number of benzene rings is 1. The van der Waals surface area contributed by atoms with Gasteiger partial charge in [-0.2, -0.15) is 0 Å². The number of likely N-dealkylation sites (tertiary alicyclic amines) is 1. The van der Waals surface area contributed by atoms with Crippen LogP contribution in [0.25, 0.3) is 0 Å². The van der Waals surface area contributed by atoms with Crippen LogP contribution < -0.4 is 5.73 Å². The Morgan fingerprint density at radius 1 is 1.18 bits per heavy atom. The first kappa shape index (κ1) is 14.9. The van der Waals surface area contributed by atoms with E-state index in [0.717, 1.165) is 12.8 Å². The Kier molecular flexibility index (Phi) is 4.05. The van der Waals surface area contributed by atoms with Crippen LogP contribution in [-0.2, 0) is 11.2 Å². The summed E-state index contributed by atoms with van der Waals surface area (Å²) in [5.41, 5.74) is 7.94. The van der Waals surface area contributed by atoms with Gasteiger partial charge in [-0.05, 0) is 36.8 Å². The van der Waals surface area contributed by atoms with Gasteiger partial charge in [-0.15, -0.1) is 0 Å². The molecule has 1 fully saturated rings. The number of urea groups is 1. The molecule has 0 spiro atoms. The molecule has 1 aromatic carbocycles. The number of nitrogens with zero attached hydrogens (tertiary/aromatic N) is 2. The van der Waals surface area contributed by atoms with Crippen molar-refractivity contribution < 1.29 is 9.59 Å². The molecule has 0 aromatic heterocycles. The van der Waals surface area contributed by atoms with Gasteiger partial charge in [0.2, 0.25) is 5.91 Å². The van der Waals surface area contributed by atoms with Gasteiger partial charge in [0.1, 0.15) is 0 Å². The molecule has 1 atom stereocenters. The maximum Gasteiger partial charge on any atom is 0.314 e. The van der Waals surface area contributed by atoms with Crippen LogP contribution in [0, 0.1) is 5.92 Å². The molecule has 118 valence electrons. The molecular formula is C17H23N3O2. The van der Waals surface area contributed by atoms with Gasteiger partial charge in [0, 0.05) is 26.1 Å². The van der Waals surface area contributed by atoms with Gasteiger partial charge in [0.05, 0.1) is 6.04 Å². The molecule has 1 aromatic rings. The van der Waals surface area contributed by atoms with Crippen LogP contribution in [-0.4, -0.2) is 41.9 Å². The Morgan fingerprint density at radius 2 is 1.86 bits per heavy atom. The number of carbonyl (C=O) groups is 2. The third kappa shape index (κ3) is 2.67. The van der Waals surface area contributed by atoms with Crippen molar-refractivity contribution in [2.24, 2.45) is 11.7 Å². The highest BCUT2D eigenvalue weighted by Crippen LogP contribution is 2.36. The molecule has 22 heavy (non-hydrogen) atoms. The first-order valence-electron chi connectivity index (χ1n) is 7.97. The predicted molar refractivity (Wildman–Crippen MR) is 84.2 cm³/mol. The molecule has 3 rings (SSSR count). The third-order valence-corrected chi connectivity index (χ3v) is 5.07. The third-order valence-electron chi connectivity index (χ3n) is 5.07. The number of primary amides is 1. The Balaban J connectivity index is 1.65. The van der Waals surface area contributed by atoms with Crippen LogP contribution in [0.5, 0.6) is 0 Å². The zero-order chi connectivity index (χ0) is 15.7. The summed E-state index contributed by atoms with van der Waals surface area (Å²) in [5, 5.41) is 0. The number of piperidine rings is 1. The molecule has 0 radical (unpaired) electrons. The monoisotopic (exact) mass is 301 g/mol. The van der Waals surface area contributed by atoms with E-state index in [-0.39, 0.29) is 23.9 Å².